The summed E-state index contributed by atoms with van der Waals surface area (Å²) in [5.74, 6) is -12.1. The second kappa shape index (κ2) is 24.9. The van der Waals surface area contributed by atoms with Crippen LogP contribution in [-0.2, 0) is 69.0 Å². The first kappa shape index (κ1) is 55.7. The summed E-state index contributed by atoms with van der Waals surface area (Å²) in [6, 6.07) is -2.77. The monoisotopic (exact) mass is 976 g/mol. The largest absolute Gasteiger partial charge is 0.508 e. The highest BCUT2D eigenvalue weighted by atomic mass is 32.2. The van der Waals surface area contributed by atoms with Crippen LogP contribution in [0.15, 0.2) is 24.3 Å². The molecule has 0 radical (unpaired) electrons. The summed E-state index contributed by atoms with van der Waals surface area (Å²) in [4.78, 5) is 147. The van der Waals surface area contributed by atoms with Crippen LogP contribution in [0.3, 0.4) is 0 Å². The number of phenolic OH excluding ortho intramolecular Hbond substituents is 1. The maximum atomic E-state index is 14.4. The van der Waals surface area contributed by atoms with E-state index in [-0.39, 0.29) is 12.2 Å². The number of phenols is 1. The third-order valence-corrected chi connectivity index (χ3v) is 12.9. The summed E-state index contributed by atoms with van der Waals surface area (Å²) < 4.78 is 27.2. The number of hydrogen-bond donors (Lipinski definition) is 10. The van der Waals surface area contributed by atoms with Crippen molar-refractivity contribution in [3.05, 3.63) is 29.8 Å². The van der Waals surface area contributed by atoms with Crippen LogP contribution in [0.4, 0.5) is 0 Å². The van der Waals surface area contributed by atoms with E-state index in [1.54, 1.807) is 13.8 Å². The van der Waals surface area contributed by atoms with Gasteiger partial charge in [0.1, 0.15) is 47.3 Å². The molecule has 6 atom stereocenters. The lowest BCUT2D eigenvalue weighted by atomic mass is 9.96. The zero-order valence-corrected chi connectivity index (χ0v) is 39.6. The SMILES string of the molecule is CC[C@H](C)[C@@H]1NC(=O)[C@H](Cc2ccc(O)cc2)NC(=O)CCS(=O)(=O)CC[C@@H](C(=O)N(CC(=O)NC(C)(C)C(=O)NCC(N)=O)C2CC2)NC(=O)[C@H](CC(C)=O)NC(=O)[C@H](CCC(N)=O)NC1=O. The van der Waals surface area contributed by atoms with Crippen molar-refractivity contribution in [1.29, 1.82) is 0 Å². The predicted octanol–water partition coefficient (Wildman–Crippen LogP) is -3.65. The number of sulfone groups is 1. The minimum absolute atomic E-state index is 0.0846. The van der Waals surface area contributed by atoms with Gasteiger partial charge in [0.2, 0.25) is 59.1 Å². The van der Waals surface area contributed by atoms with E-state index in [1.807, 2.05) is 0 Å². The molecule has 24 nitrogen and oxygen atoms in total. The molecule has 0 spiro atoms. The Morgan fingerprint density at radius 3 is 2.00 bits per heavy atom. The van der Waals surface area contributed by atoms with Gasteiger partial charge in [-0.3, -0.25) is 52.7 Å². The zero-order chi connectivity index (χ0) is 51.1. The van der Waals surface area contributed by atoms with Crippen molar-refractivity contribution < 1.29 is 66.3 Å². The van der Waals surface area contributed by atoms with Gasteiger partial charge in [-0.2, -0.15) is 0 Å². The topological polar surface area (TPSA) is 382 Å². The van der Waals surface area contributed by atoms with Crippen LogP contribution in [-0.4, -0.2) is 150 Å². The molecule has 1 saturated heterocycles. The quantitative estimate of drug-likeness (QED) is 0.0720. The van der Waals surface area contributed by atoms with Crippen molar-refractivity contribution in [1.82, 2.24) is 42.1 Å². The average Bonchev–Trinajstić information content (AvgIpc) is 4.10. The number of primary amides is 2. The van der Waals surface area contributed by atoms with E-state index in [0.717, 1.165) is 11.8 Å². The minimum Gasteiger partial charge on any atom is -0.508 e. The molecule has 1 aliphatic heterocycles. The summed E-state index contributed by atoms with van der Waals surface area (Å²) in [7, 11) is -4.26. The number of nitrogens with one attached hydrogen (secondary N) is 7. The number of nitrogens with two attached hydrogens (primary N) is 2. The predicted molar refractivity (Wildman–Crippen MR) is 242 cm³/mol. The van der Waals surface area contributed by atoms with Gasteiger partial charge in [-0.05, 0) is 70.1 Å². The number of ketones is 1. The van der Waals surface area contributed by atoms with Crippen molar-refractivity contribution in [2.24, 2.45) is 17.4 Å². The molecule has 0 unspecified atom stereocenters. The Morgan fingerprint density at radius 2 is 1.43 bits per heavy atom. The van der Waals surface area contributed by atoms with Crippen LogP contribution in [0.5, 0.6) is 5.75 Å². The summed E-state index contributed by atoms with van der Waals surface area (Å²) >= 11 is 0. The summed E-state index contributed by atoms with van der Waals surface area (Å²) in [6.07, 6.45) is -1.91. The normalized spacial score (nSPS) is 22.6. The molecular weight excluding hydrogens is 913 g/mol. The van der Waals surface area contributed by atoms with Gasteiger partial charge in [0.15, 0.2) is 9.84 Å². The first-order valence-corrected chi connectivity index (χ1v) is 24.0. The molecule has 2 fully saturated rings. The Balaban J connectivity index is 2.08. The summed E-state index contributed by atoms with van der Waals surface area (Å²) in [5, 5.41) is 27.0. The molecule has 2 aliphatic rings. The lowest BCUT2D eigenvalue weighted by molar-refractivity contribution is -0.142. The Labute approximate surface area is 393 Å². The average molecular weight is 977 g/mol. The fourth-order valence-corrected chi connectivity index (χ4v) is 8.32. The number of hydrogen-bond acceptors (Lipinski definition) is 14. The molecule has 1 saturated carbocycles. The van der Waals surface area contributed by atoms with Gasteiger partial charge in [0, 0.05) is 31.7 Å². The number of aromatic hydroxyl groups is 1. The van der Waals surface area contributed by atoms with E-state index >= 15 is 0 Å². The molecule has 376 valence electrons. The number of carbonyl (C=O) groups is 11. The smallest absolute Gasteiger partial charge is 0.245 e. The minimum atomic E-state index is -4.26. The van der Waals surface area contributed by atoms with E-state index in [2.05, 4.69) is 37.2 Å². The highest BCUT2D eigenvalue weighted by molar-refractivity contribution is 7.91. The van der Waals surface area contributed by atoms with Gasteiger partial charge in [-0.1, -0.05) is 32.4 Å². The van der Waals surface area contributed by atoms with E-state index in [1.165, 1.54) is 38.1 Å². The van der Waals surface area contributed by atoms with Gasteiger partial charge in [0.25, 0.3) is 0 Å². The van der Waals surface area contributed by atoms with Crippen molar-refractivity contribution in [2.75, 3.05) is 24.6 Å². The van der Waals surface area contributed by atoms with Crippen molar-refractivity contribution in [3.8, 4) is 5.75 Å². The molecule has 1 aliphatic carbocycles. The van der Waals surface area contributed by atoms with Crippen LogP contribution >= 0.6 is 0 Å². The van der Waals surface area contributed by atoms with E-state index in [0.29, 0.717) is 24.8 Å². The molecule has 12 N–H and O–H groups in total. The number of carbonyl (C=O) groups excluding carboxylic acids is 11. The molecule has 0 aromatic heterocycles. The van der Waals surface area contributed by atoms with Gasteiger partial charge >= 0.3 is 0 Å². The van der Waals surface area contributed by atoms with Gasteiger partial charge in [-0.25, -0.2) is 8.42 Å². The Bertz CT molecular complexity index is 2200. The third kappa shape index (κ3) is 18.2. The van der Waals surface area contributed by atoms with Crippen LogP contribution in [0.1, 0.15) is 91.5 Å². The molecular formula is C43H64N10O14S. The van der Waals surface area contributed by atoms with E-state index in [4.69, 9.17) is 11.5 Å². The third-order valence-electron chi connectivity index (χ3n) is 11.3. The highest BCUT2D eigenvalue weighted by Gasteiger charge is 2.41. The molecule has 1 heterocycles. The number of rotatable bonds is 17. The molecule has 68 heavy (non-hydrogen) atoms. The fraction of sp³-hybridized carbons (Fsp3) is 0.605. The van der Waals surface area contributed by atoms with Gasteiger partial charge < -0.3 is 58.7 Å². The van der Waals surface area contributed by atoms with Crippen molar-refractivity contribution in [2.45, 2.75) is 134 Å². The van der Waals surface area contributed by atoms with Crippen molar-refractivity contribution in [3.63, 3.8) is 0 Å². The van der Waals surface area contributed by atoms with Crippen LogP contribution in [0.2, 0.25) is 0 Å². The Morgan fingerprint density at radius 1 is 0.824 bits per heavy atom. The van der Waals surface area contributed by atoms with Crippen LogP contribution in [0.25, 0.3) is 0 Å². The fourth-order valence-electron chi connectivity index (χ4n) is 7.02. The van der Waals surface area contributed by atoms with Gasteiger partial charge in [0.05, 0.1) is 24.6 Å². The first-order valence-electron chi connectivity index (χ1n) is 22.2. The number of Topliss-reactive ketones (excluding diaryl/α,β-unsaturated/α-hetero) is 1. The highest BCUT2D eigenvalue weighted by Crippen LogP contribution is 2.28. The van der Waals surface area contributed by atoms with Crippen molar-refractivity contribution >= 4 is 74.7 Å². The first-order chi connectivity index (χ1) is 31.7. The zero-order valence-electron chi connectivity index (χ0n) is 38.8. The number of amides is 10. The summed E-state index contributed by atoms with van der Waals surface area (Å²) in [6.45, 7) is 5.89. The maximum absolute atomic E-state index is 14.4. The van der Waals surface area contributed by atoms with Crippen LogP contribution in [0, 0.1) is 5.92 Å². The Kier molecular flexibility index (Phi) is 20.4. The van der Waals surface area contributed by atoms with Crippen LogP contribution < -0.4 is 48.7 Å². The molecule has 3 rings (SSSR count). The second-order valence-electron chi connectivity index (χ2n) is 17.7. The lowest BCUT2D eigenvalue weighted by Crippen LogP contribution is -2.61. The Hall–Kier alpha value is -6.66. The maximum Gasteiger partial charge on any atom is 0.245 e. The van der Waals surface area contributed by atoms with Gasteiger partial charge in [-0.15, -0.1) is 0 Å². The standard InChI is InChI=1S/C43H64N10O14S/c1-6-23(2)36-40(63)48-28(13-14-32(44)56)37(60)50-30(19-24(3)54)38(61)49-29(41(64)53(26-9-10-26)22-35(59)52-43(4,5)42(65)46-21-33(45)57)15-17-68(66,67)18-16-34(58)47-31(39(62)51-36)20-25-7-11-27(55)12-8-25/h7-8,11-12,23,26,28-31,36,55H,6,9-10,13-22H2,1-5H3,(H2,44,56)(H2,45,57)(H,46,65)(H,47,58)(H,48,63)(H,49,61)(H,50,60)(H,51,62)(H,52,59)/t23-,28-,29-,30-,31-,36-/m0/s1. The second-order valence-corrected chi connectivity index (χ2v) is 20.0. The molecule has 1 aromatic carbocycles. The molecule has 10 amide bonds. The molecule has 0 bridgehead atoms. The number of nitrogens with zero attached hydrogens (tertiary/aromatic N) is 1. The molecule has 25 heteroatoms. The summed E-state index contributed by atoms with van der Waals surface area (Å²) in [5.41, 5.74) is 9.33. The lowest BCUT2D eigenvalue weighted by Gasteiger charge is -2.31. The van der Waals surface area contributed by atoms with E-state index < -0.39 is 179 Å². The van der Waals surface area contributed by atoms with E-state index in [9.17, 15) is 66.3 Å². The molecule has 1 aromatic rings. The number of benzene rings is 1.